The average Bonchev–Trinajstić information content (AvgIpc) is 2.15. The minimum absolute atomic E-state index is 0.00262. The van der Waals surface area contributed by atoms with Gasteiger partial charge in [-0.15, -0.1) is 0 Å². The second-order valence-corrected chi connectivity index (χ2v) is 5.34. The van der Waals surface area contributed by atoms with Crippen LogP contribution in [0.5, 0.6) is 0 Å². The summed E-state index contributed by atoms with van der Waals surface area (Å²) in [5.74, 6) is 0. The molecule has 1 unspecified atom stereocenters. The number of rotatable bonds is 3. The van der Waals surface area contributed by atoms with Gasteiger partial charge in [0.15, 0.2) is 0 Å². The third kappa shape index (κ3) is 3.49. The fourth-order valence-corrected chi connectivity index (χ4v) is 1.44. The number of nitrogens with two attached hydrogens (primary N) is 1. The predicted molar refractivity (Wildman–Crippen MR) is 66.8 cm³/mol. The largest absolute Gasteiger partial charge is 0.327 e. The molecule has 0 bridgehead atoms. The first-order valence-electron chi connectivity index (χ1n) is 5.58. The Labute approximate surface area is 101 Å². The molecule has 0 amide bonds. The molecule has 0 radical (unpaired) electrons. The van der Waals surface area contributed by atoms with Crippen molar-refractivity contribution >= 4 is 5.69 Å². The van der Waals surface area contributed by atoms with Gasteiger partial charge >= 0.3 is 0 Å². The lowest BCUT2D eigenvalue weighted by Crippen LogP contribution is -2.37. The summed E-state index contributed by atoms with van der Waals surface area (Å²) < 4.78 is 0. The van der Waals surface area contributed by atoms with Crippen LogP contribution in [0.15, 0.2) is 12.1 Å². The molecule has 0 saturated carbocycles. The van der Waals surface area contributed by atoms with Gasteiger partial charge in [0.2, 0.25) is 0 Å². The third-order valence-electron chi connectivity index (χ3n) is 2.85. The molecule has 2 N–H and O–H groups in total. The number of hydrogen-bond donors (Lipinski definition) is 1. The quantitative estimate of drug-likeness (QED) is 0.645. The third-order valence-corrected chi connectivity index (χ3v) is 2.85. The van der Waals surface area contributed by atoms with Crippen LogP contribution in [0, 0.1) is 22.5 Å². The average molecular weight is 237 g/mol. The smallest absolute Gasteiger partial charge is 0.290 e. The van der Waals surface area contributed by atoms with Crippen LogP contribution in [0.1, 0.15) is 32.2 Å². The van der Waals surface area contributed by atoms with E-state index in [2.05, 4.69) is 25.8 Å². The summed E-state index contributed by atoms with van der Waals surface area (Å²) >= 11 is 0. The first-order valence-corrected chi connectivity index (χ1v) is 5.58. The fraction of sp³-hybridized carbons (Fsp3) is 0.583. The van der Waals surface area contributed by atoms with E-state index in [1.165, 1.54) is 6.07 Å². The monoisotopic (exact) mass is 237 g/mol. The predicted octanol–water partition coefficient (Wildman–Crippen LogP) is 2.21. The zero-order valence-electron chi connectivity index (χ0n) is 10.7. The maximum atomic E-state index is 10.7. The Morgan fingerprint density at radius 2 is 2.06 bits per heavy atom. The molecule has 5 nitrogen and oxygen atoms in total. The molecule has 0 aliphatic carbocycles. The van der Waals surface area contributed by atoms with Gasteiger partial charge in [-0.25, -0.2) is 0 Å². The lowest BCUT2D eigenvalue weighted by molar-refractivity contribution is -0.385. The molecule has 0 aromatic carbocycles. The number of aromatic nitrogens is 1. The van der Waals surface area contributed by atoms with E-state index in [4.69, 9.17) is 5.73 Å². The minimum atomic E-state index is -0.421. The molecule has 17 heavy (non-hydrogen) atoms. The van der Waals surface area contributed by atoms with Crippen LogP contribution in [0.2, 0.25) is 0 Å². The molecule has 1 atom stereocenters. The Morgan fingerprint density at radius 1 is 1.47 bits per heavy atom. The van der Waals surface area contributed by atoms with Gasteiger partial charge in [-0.2, -0.15) is 0 Å². The van der Waals surface area contributed by atoms with E-state index in [0.717, 1.165) is 5.69 Å². The standard InChI is InChI=1S/C12H19N3O2/c1-8-10(15(16)17)6-5-9(14-8)7-11(13)12(2,3)4/h5-6,11H,7,13H2,1-4H3. The normalized spacial score (nSPS) is 13.5. The van der Waals surface area contributed by atoms with Crippen LogP contribution in [0.4, 0.5) is 5.69 Å². The molecule has 5 heteroatoms. The van der Waals surface area contributed by atoms with Gasteiger partial charge in [-0.1, -0.05) is 20.8 Å². The molecule has 0 fully saturated rings. The molecule has 0 spiro atoms. The first-order chi connectivity index (χ1) is 7.71. The lowest BCUT2D eigenvalue weighted by atomic mass is 9.85. The van der Waals surface area contributed by atoms with Gasteiger partial charge < -0.3 is 5.73 Å². The Kier molecular flexibility index (Phi) is 3.83. The van der Waals surface area contributed by atoms with E-state index >= 15 is 0 Å². The second kappa shape index (κ2) is 4.79. The summed E-state index contributed by atoms with van der Waals surface area (Å²) in [4.78, 5) is 14.5. The van der Waals surface area contributed by atoms with E-state index in [9.17, 15) is 10.1 Å². The molecular weight excluding hydrogens is 218 g/mol. The Balaban J connectivity index is 2.88. The highest BCUT2D eigenvalue weighted by molar-refractivity contribution is 5.35. The number of nitrogens with zero attached hydrogens (tertiary/aromatic N) is 2. The highest BCUT2D eigenvalue weighted by Crippen LogP contribution is 2.22. The topological polar surface area (TPSA) is 82.0 Å². The molecule has 94 valence electrons. The number of nitro groups is 1. The summed E-state index contributed by atoms with van der Waals surface area (Å²) in [5, 5.41) is 10.7. The minimum Gasteiger partial charge on any atom is -0.327 e. The Morgan fingerprint density at radius 3 is 2.47 bits per heavy atom. The summed E-state index contributed by atoms with van der Waals surface area (Å²) in [6, 6.07) is 3.15. The summed E-state index contributed by atoms with van der Waals surface area (Å²) in [7, 11) is 0. The van der Waals surface area contributed by atoms with Crippen LogP contribution in [-0.4, -0.2) is 15.9 Å². The van der Waals surface area contributed by atoms with E-state index in [1.54, 1.807) is 13.0 Å². The lowest BCUT2D eigenvalue weighted by Gasteiger charge is -2.26. The van der Waals surface area contributed by atoms with Gasteiger partial charge in [0.25, 0.3) is 5.69 Å². The van der Waals surface area contributed by atoms with E-state index < -0.39 is 4.92 Å². The Hall–Kier alpha value is -1.49. The van der Waals surface area contributed by atoms with Crippen LogP contribution in [-0.2, 0) is 6.42 Å². The van der Waals surface area contributed by atoms with E-state index in [-0.39, 0.29) is 17.1 Å². The highest BCUT2D eigenvalue weighted by atomic mass is 16.6. The van der Waals surface area contributed by atoms with Crippen LogP contribution in [0.3, 0.4) is 0 Å². The van der Waals surface area contributed by atoms with Crippen LogP contribution < -0.4 is 5.73 Å². The van der Waals surface area contributed by atoms with Gasteiger partial charge in [0.1, 0.15) is 5.69 Å². The molecule has 1 aromatic rings. The molecule has 0 saturated heterocycles. The Bertz CT molecular complexity index is 424. The summed E-state index contributed by atoms with van der Waals surface area (Å²) in [5.41, 5.74) is 7.35. The van der Waals surface area contributed by atoms with Crippen molar-refractivity contribution in [2.75, 3.05) is 0 Å². The molecule has 0 aliphatic heterocycles. The van der Waals surface area contributed by atoms with Crippen molar-refractivity contribution in [2.24, 2.45) is 11.1 Å². The number of pyridine rings is 1. The van der Waals surface area contributed by atoms with Crippen molar-refractivity contribution in [3.8, 4) is 0 Å². The van der Waals surface area contributed by atoms with Crippen molar-refractivity contribution in [3.63, 3.8) is 0 Å². The molecular formula is C12H19N3O2. The van der Waals surface area contributed by atoms with Crippen LogP contribution in [0.25, 0.3) is 0 Å². The van der Waals surface area contributed by atoms with Gasteiger partial charge in [-0.05, 0) is 18.4 Å². The SMILES string of the molecule is Cc1nc(CC(N)C(C)(C)C)ccc1[N+](=O)[O-]. The summed E-state index contributed by atoms with van der Waals surface area (Å²) in [6.07, 6.45) is 0.627. The zero-order chi connectivity index (χ0) is 13.2. The van der Waals surface area contributed by atoms with Gasteiger partial charge in [0.05, 0.1) is 4.92 Å². The number of hydrogen-bond acceptors (Lipinski definition) is 4. The maximum Gasteiger partial charge on any atom is 0.290 e. The number of aryl methyl sites for hydroxylation is 1. The molecule has 0 aliphatic rings. The first kappa shape index (κ1) is 13.6. The fourth-order valence-electron chi connectivity index (χ4n) is 1.44. The van der Waals surface area contributed by atoms with E-state index in [0.29, 0.717) is 12.1 Å². The van der Waals surface area contributed by atoms with Crippen molar-refractivity contribution in [3.05, 3.63) is 33.6 Å². The molecule has 1 aromatic heterocycles. The van der Waals surface area contributed by atoms with Crippen LogP contribution >= 0.6 is 0 Å². The van der Waals surface area contributed by atoms with Gasteiger partial charge in [-0.3, -0.25) is 15.1 Å². The van der Waals surface area contributed by atoms with Crippen molar-refractivity contribution in [2.45, 2.75) is 40.2 Å². The van der Waals surface area contributed by atoms with Crippen molar-refractivity contribution in [1.82, 2.24) is 4.98 Å². The maximum absolute atomic E-state index is 10.7. The second-order valence-electron chi connectivity index (χ2n) is 5.34. The van der Waals surface area contributed by atoms with Crippen molar-refractivity contribution in [1.29, 1.82) is 0 Å². The highest BCUT2D eigenvalue weighted by Gasteiger charge is 2.22. The molecule has 1 heterocycles. The van der Waals surface area contributed by atoms with Crippen molar-refractivity contribution < 1.29 is 4.92 Å². The van der Waals surface area contributed by atoms with E-state index in [1.807, 2.05) is 0 Å². The van der Waals surface area contributed by atoms with Gasteiger partial charge in [0, 0.05) is 24.2 Å². The summed E-state index contributed by atoms with van der Waals surface area (Å²) in [6.45, 7) is 7.84. The molecule has 1 rings (SSSR count). The zero-order valence-corrected chi connectivity index (χ0v) is 10.7.